The third-order valence-electron chi connectivity index (χ3n) is 3.13. The van der Waals surface area contributed by atoms with Crippen molar-refractivity contribution in [3.63, 3.8) is 0 Å². The molecule has 0 aromatic heterocycles. The van der Waals surface area contributed by atoms with Crippen LogP contribution in [0.2, 0.25) is 0 Å². The zero-order valence-corrected chi connectivity index (χ0v) is 11.6. The van der Waals surface area contributed by atoms with Gasteiger partial charge in [0.2, 0.25) is 0 Å². The lowest BCUT2D eigenvalue weighted by Gasteiger charge is -2.38. The van der Waals surface area contributed by atoms with Crippen LogP contribution in [0.1, 0.15) is 32.4 Å². The van der Waals surface area contributed by atoms with Gasteiger partial charge in [-0.25, -0.2) is 0 Å². The lowest BCUT2D eigenvalue weighted by atomic mass is 9.87. The Morgan fingerprint density at radius 2 is 1.76 bits per heavy atom. The van der Waals surface area contributed by atoms with Crippen molar-refractivity contribution in [1.82, 2.24) is 5.32 Å². The van der Waals surface area contributed by atoms with Crippen LogP contribution in [0.5, 0.6) is 0 Å². The van der Waals surface area contributed by atoms with Crippen molar-refractivity contribution in [3.8, 4) is 0 Å². The largest absolute Gasteiger partial charge is 0.367 e. The quantitative estimate of drug-likeness (QED) is 0.832. The molecule has 3 heteroatoms. The molecule has 0 bridgehead atoms. The van der Waals surface area contributed by atoms with E-state index in [4.69, 9.17) is 4.74 Å². The van der Waals surface area contributed by atoms with E-state index in [-0.39, 0.29) is 30.0 Å². The third-order valence-corrected chi connectivity index (χ3v) is 3.13. The molecule has 17 heavy (non-hydrogen) atoms. The summed E-state index contributed by atoms with van der Waals surface area (Å²) in [7, 11) is 0. The Hall–Kier alpha value is -0.570. The van der Waals surface area contributed by atoms with Crippen molar-refractivity contribution in [1.29, 1.82) is 0 Å². The van der Waals surface area contributed by atoms with Crippen LogP contribution in [0.4, 0.5) is 0 Å². The number of rotatable bonds is 1. The fourth-order valence-corrected chi connectivity index (χ4v) is 2.01. The van der Waals surface area contributed by atoms with Gasteiger partial charge in [0.25, 0.3) is 0 Å². The number of hydrogen-bond donors (Lipinski definition) is 1. The molecule has 0 saturated carbocycles. The maximum Gasteiger partial charge on any atom is 0.0953 e. The molecule has 0 radical (unpaired) electrons. The first-order valence-corrected chi connectivity index (χ1v) is 5.98. The zero-order valence-electron chi connectivity index (χ0n) is 10.8. The summed E-state index contributed by atoms with van der Waals surface area (Å²) in [5.74, 6) is 0. The molecule has 1 N–H and O–H groups in total. The smallest absolute Gasteiger partial charge is 0.0953 e. The molecule has 1 aliphatic heterocycles. The molecule has 1 aromatic rings. The average molecular weight is 256 g/mol. The van der Waals surface area contributed by atoms with Crippen molar-refractivity contribution in [2.45, 2.75) is 33.0 Å². The summed E-state index contributed by atoms with van der Waals surface area (Å²) in [4.78, 5) is 0. The Morgan fingerprint density at radius 3 is 2.35 bits per heavy atom. The van der Waals surface area contributed by atoms with E-state index < -0.39 is 0 Å². The highest BCUT2D eigenvalue weighted by Gasteiger charge is 2.31. The van der Waals surface area contributed by atoms with E-state index in [2.05, 4.69) is 50.4 Å². The molecule has 1 saturated heterocycles. The molecular formula is C14H22ClNO. The molecule has 1 heterocycles. The lowest BCUT2D eigenvalue weighted by Crippen LogP contribution is -2.46. The first-order valence-electron chi connectivity index (χ1n) is 5.98. The molecule has 2 rings (SSSR count). The van der Waals surface area contributed by atoms with Crippen molar-refractivity contribution >= 4 is 12.4 Å². The fraction of sp³-hybridized carbons (Fsp3) is 0.571. The highest BCUT2D eigenvalue weighted by Crippen LogP contribution is 2.30. The Balaban J connectivity index is 0.00000144. The standard InChI is InChI=1S/C14H21NO.ClH/c1-14(2,3)13-10-15-9-12(16-13)11-7-5-4-6-8-11;/h4-8,12-13,15H,9-10H2,1-3H3;1H/t12-,13+;/m0./s1. The van der Waals surface area contributed by atoms with E-state index in [1.807, 2.05) is 6.07 Å². The normalized spacial score (nSPS) is 25.1. The first-order chi connectivity index (χ1) is 7.57. The lowest BCUT2D eigenvalue weighted by molar-refractivity contribution is -0.0886. The summed E-state index contributed by atoms with van der Waals surface area (Å²) in [6.45, 7) is 8.55. The van der Waals surface area contributed by atoms with Crippen LogP contribution in [-0.4, -0.2) is 19.2 Å². The Bertz CT molecular complexity index is 334. The van der Waals surface area contributed by atoms with E-state index in [1.165, 1.54) is 5.56 Å². The van der Waals surface area contributed by atoms with Gasteiger partial charge in [0, 0.05) is 13.1 Å². The van der Waals surface area contributed by atoms with Crippen molar-refractivity contribution < 1.29 is 4.74 Å². The second-order valence-electron chi connectivity index (χ2n) is 5.55. The fourth-order valence-electron chi connectivity index (χ4n) is 2.01. The Morgan fingerprint density at radius 1 is 1.12 bits per heavy atom. The second-order valence-corrected chi connectivity index (χ2v) is 5.55. The van der Waals surface area contributed by atoms with Crippen molar-refractivity contribution in [2.75, 3.05) is 13.1 Å². The van der Waals surface area contributed by atoms with Crippen LogP contribution in [0, 0.1) is 5.41 Å². The minimum absolute atomic E-state index is 0. The number of ether oxygens (including phenoxy) is 1. The molecule has 0 aliphatic carbocycles. The van der Waals surface area contributed by atoms with Gasteiger partial charge in [-0.2, -0.15) is 0 Å². The van der Waals surface area contributed by atoms with Crippen LogP contribution in [0.15, 0.2) is 30.3 Å². The molecule has 0 spiro atoms. The van der Waals surface area contributed by atoms with E-state index >= 15 is 0 Å². The van der Waals surface area contributed by atoms with Gasteiger partial charge in [-0.1, -0.05) is 51.1 Å². The molecule has 0 amide bonds. The summed E-state index contributed by atoms with van der Waals surface area (Å²) in [6, 6.07) is 10.5. The van der Waals surface area contributed by atoms with Crippen molar-refractivity contribution in [3.05, 3.63) is 35.9 Å². The Kier molecular flexibility index (Phi) is 4.99. The molecule has 0 unspecified atom stereocenters. The second kappa shape index (κ2) is 5.85. The molecule has 1 aromatic carbocycles. The summed E-state index contributed by atoms with van der Waals surface area (Å²) in [5.41, 5.74) is 1.46. The molecular weight excluding hydrogens is 234 g/mol. The summed E-state index contributed by atoms with van der Waals surface area (Å²) >= 11 is 0. The molecule has 2 atom stereocenters. The monoisotopic (exact) mass is 255 g/mol. The maximum atomic E-state index is 6.17. The summed E-state index contributed by atoms with van der Waals surface area (Å²) < 4.78 is 6.17. The van der Waals surface area contributed by atoms with Crippen molar-refractivity contribution in [2.24, 2.45) is 5.41 Å². The number of halogens is 1. The van der Waals surface area contributed by atoms with Gasteiger partial charge in [0.15, 0.2) is 0 Å². The third kappa shape index (κ3) is 3.70. The van der Waals surface area contributed by atoms with Gasteiger partial charge in [-0.3, -0.25) is 0 Å². The first kappa shape index (κ1) is 14.5. The van der Waals surface area contributed by atoms with E-state index in [1.54, 1.807) is 0 Å². The highest BCUT2D eigenvalue weighted by atomic mass is 35.5. The molecule has 1 fully saturated rings. The topological polar surface area (TPSA) is 21.3 Å². The minimum Gasteiger partial charge on any atom is -0.367 e. The minimum atomic E-state index is 0. The predicted octanol–water partition coefficient (Wildman–Crippen LogP) is 3.18. The predicted molar refractivity (Wildman–Crippen MR) is 73.6 cm³/mol. The van der Waals surface area contributed by atoms with Gasteiger partial charge >= 0.3 is 0 Å². The van der Waals surface area contributed by atoms with Crippen LogP contribution in [-0.2, 0) is 4.74 Å². The Labute approximate surface area is 110 Å². The van der Waals surface area contributed by atoms with Gasteiger partial charge in [-0.15, -0.1) is 12.4 Å². The maximum absolute atomic E-state index is 6.17. The van der Waals surface area contributed by atoms with Gasteiger partial charge in [0.05, 0.1) is 12.2 Å². The van der Waals surface area contributed by atoms with Crippen LogP contribution < -0.4 is 5.32 Å². The van der Waals surface area contributed by atoms with Crippen LogP contribution in [0.3, 0.4) is 0 Å². The molecule has 96 valence electrons. The van der Waals surface area contributed by atoms with E-state index in [9.17, 15) is 0 Å². The van der Waals surface area contributed by atoms with Gasteiger partial charge < -0.3 is 10.1 Å². The highest BCUT2D eigenvalue weighted by molar-refractivity contribution is 5.85. The zero-order chi connectivity index (χ0) is 11.6. The molecule has 1 aliphatic rings. The van der Waals surface area contributed by atoms with Gasteiger partial charge in [0.1, 0.15) is 0 Å². The number of morpholine rings is 1. The molecule has 2 nitrogen and oxygen atoms in total. The van der Waals surface area contributed by atoms with Gasteiger partial charge in [-0.05, 0) is 11.0 Å². The van der Waals surface area contributed by atoms with E-state index in [0.717, 1.165) is 13.1 Å². The summed E-state index contributed by atoms with van der Waals surface area (Å²) in [6.07, 6.45) is 0.477. The number of nitrogens with one attached hydrogen (secondary N) is 1. The number of benzene rings is 1. The average Bonchev–Trinajstić information content (AvgIpc) is 2.29. The van der Waals surface area contributed by atoms with Crippen LogP contribution >= 0.6 is 12.4 Å². The number of hydrogen-bond acceptors (Lipinski definition) is 2. The summed E-state index contributed by atoms with van der Waals surface area (Å²) in [5, 5.41) is 3.46. The van der Waals surface area contributed by atoms with E-state index in [0.29, 0.717) is 0 Å². The SMILES string of the molecule is CC(C)(C)[C@H]1CNC[C@@H](c2ccccc2)O1.Cl. The van der Waals surface area contributed by atoms with Crippen LogP contribution in [0.25, 0.3) is 0 Å².